The minimum absolute atomic E-state index is 0.131. The summed E-state index contributed by atoms with van der Waals surface area (Å²) in [5.74, 6) is -0.131. The zero-order valence-electron chi connectivity index (χ0n) is 10.6. The van der Waals surface area contributed by atoms with Crippen molar-refractivity contribution < 1.29 is 4.79 Å². The lowest BCUT2D eigenvalue weighted by Crippen LogP contribution is -2.11. The molecule has 0 fully saturated rings. The molecule has 20 heavy (non-hydrogen) atoms. The molecule has 0 aliphatic heterocycles. The van der Waals surface area contributed by atoms with Gasteiger partial charge in [-0.25, -0.2) is 4.98 Å². The molecule has 5 nitrogen and oxygen atoms in total. The van der Waals surface area contributed by atoms with Gasteiger partial charge in [-0.3, -0.25) is 15.2 Å². The molecule has 0 bridgehead atoms. The van der Waals surface area contributed by atoms with Crippen LogP contribution in [0.2, 0.25) is 0 Å². The van der Waals surface area contributed by atoms with Gasteiger partial charge in [-0.2, -0.15) is 5.10 Å². The SMILES string of the molecule is O=C(Nc1nc2c(s1)CCC2)c1ccc2cn[nH]c2c1. The van der Waals surface area contributed by atoms with Gasteiger partial charge in [-0.05, 0) is 31.4 Å². The van der Waals surface area contributed by atoms with Crippen LogP contribution >= 0.6 is 11.3 Å². The molecule has 6 heteroatoms. The minimum Gasteiger partial charge on any atom is -0.298 e. The molecule has 1 aliphatic rings. The van der Waals surface area contributed by atoms with Crippen LogP contribution in [0, 0.1) is 0 Å². The number of benzene rings is 1. The molecular weight excluding hydrogens is 272 g/mol. The first-order chi connectivity index (χ1) is 9.79. The van der Waals surface area contributed by atoms with Crippen molar-refractivity contribution in [2.75, 3.05) is 5.32 Å². The molecule has 0 radical (unpaired) electrons. The third kappa shape index (κ3) is 1.89. The number of amides is 1. The summed E-state index contributed by atoms with van der Waals surface area (Å²) in [6.07, 6.45) is 5.03. The zero-order valence-corrected chi connectivity index (χ0v) is 11.5. The van der Waals surface area contributed by atoms with Crippen molar-refractivity contribution in [1.29, 1.82) is 0 Å². The first-order valence-corrected chi connectivity index (χ1v) is 7.34. The number of rotatable bonds is 2. The Labute approximate surface area is 119 Å². The second kappa shape index (κ2) is 4.42. The molecule has 1 aromatic carbocycles. The highest BCUT2D eigenvalue weighted by Crippen LogP contribution is 2.30. The largest absolute Gasteiger partial charge is 0.298 e. The number of hydrogen-bond donors (Lipinski definition) is 2. The Morgan fingerprint density at radius 2 is 2.30 bits per heavy atom. The van der Waals surface area contributed by atoms with Gasteiger partial charge >= 0.3 is 0 Å². The Kier molecular flexibility index (Phi) is 2.56. The summed E-state index contributed by atoms with van der Waals surface area (Å²) in [7, 11) is 0. The van der Waals surface area contributed by atoms with Crippen molar-refractivity contribution in [1.82, 2.24) is 15.2 Å². The number of thiazole rings is 1. The van der Waals surface area contributed by atoms with Crippen LogP contribution in [0.25, 0.3) is 10.9 Å². The van der Waals surface area contributed by atoms with Crippen LogP contribution in [0.15, 0.2) is 24.4 Å². The molecule has 0 saturated carbocycles. The number of aromatic amines is 1. The second-order valence-corrected chi connectivity index (χ2v) is 5.95. The summed E-state index contributed by atoms with van der Waals surface area (Å²) < 4.78 is 0. The summed E-state index contributed by atoms with van der Waals surface area (Å²) in [6.45, 7) is 0. The number of nitrogens with zero attached hydrogens (tertiary/aromatic N) is 2. The van der Waals surface area contributed by atoms with E-state index in [1.54, 1.807) is 29.7 Å². The molecule has 100 valence electrons. The lowest BCUT2D eigenvalue weighted by molar-refractivity contribution is 0.102. The maximum atomic E-state index is 12.2. The standard InChI is InChI=1S/C14H12N4OS/c19-13(8-4-5-9-7-15-18-11(9)6-8)17-14-16-10-2-1-3-12(10)20-14/h4-7H,1-3H2,(H,15,18)(H,16,17,19). The highest BCUT2D eigenvalue weighted by molar-refractivity contribution is 7.16. The summed E-state index contributed by atoms with van der Waals surface area (Å²) in [5.41, 5.74) is 2.62. The van der Waals surface area contributed by atoms with E-state index in [0.29, 0.717) is 10.7 Å². The van der Waals surface area contributed by atoms with Gasteiger partial charge in [0.05, 0.1) is 17.4 Å². The van der Waals surface area contributed by atoms with Crippen molar-refractivity contribution in [2.45, 2.75) is 19.3 Å². The van der Waals surface area contributed by atoms with Gasteiger partial charge in [0.15, 0.2) is 5.13 Å². The topological polar surface area (TPSA) is 70.7 Å². The van der Waals surface area contributed by atoms with Gasteiger partial charge in [-0.15, -0.1) is 11.3 Å². The van der Waals surface area contributed by atoms with Gasteiger partial charge in [-0.1, -0.05) is 6.07 Å². The Morgan fingerprint density at radius 3 is 3.20 bits per heavy atom. The molecule has 1 aliphatic carbocycles. The van der Waals surface area contributed by atoms with E-state index in [9.17, 15) is 4.79 Å². The average Bonchev–Trinajstić information content (AvgIpc) is 3.11. The average molecular weight is 284 g/mol. The third-order valence-electron chi connectivity index (χ3n) is 3.52. The number of fused-ring (bicyclic) bond motifs is 2. The summed E-state index contributed by atoms with van der Waals surface area (Å²) >= 11 is 1.59. The maximum absolute atomic E-state index is 12.2. The van der Waals surface area contributed by atoms with Crippen molar-refractivity contribution in [3.05, 3.63) is 40.5 Å². The lowest BCUT2D eigenvalue weighted by Gasteiger charge is -2.02. The van der Waals surface area contributed by atoms with E-state index in [2.05, 4.69) is 20.5 Å². The highest BCUT2D eigenvalue weighted by Gasteiger charge is 2.18. The molecule has 2 N–H and O–H groups in total. The Balaban J connectivity index is 1.59. The molecular formula is C14H12N4OS. The predicted octanol–water partition coefficient (Wildman–Crippen LogP) is 2.76. The van der Waals surface area contributed by atoms with E-state index < -0.39 is 0 Å². The van der Waals surface area contributed by atoms with E-state index in [4.69, 9.17) is 0 Å². The number of carbonyl (C=O) groups is 1. The minimum atomic E-state index is -0.131. The van der Waals surface area contributed by atoms with E-state index in [-0.39, 0.29) is 5.91 Å². The second-order valence-electron chi connectivity index (χ2n) is 4.87. The Hall–Kier alpha value is -2.21. The van der Waals surface area contributed by atoms with Crippen LogP contribution in [-0.4, -0.2) is 21.1 Å². The number of anilines is 1. The van der Waals surface area contributed by atoms with Gasteiger partial charge < -0.3 is 0 Å². The van der Waals surface area contributed by atoms with Gasteiger partial charge in [0.25, 0.3) is 5.91 Å². The fraction of sp³-hybridized carbons (Fsp3) is 0.214. The molecule has 0 unspecified atom stereocenters. The van der Waals surface area contributed by atoms with Gasteiger partial charge in [0.1, 0.15) is 0 Å². The Morgan fingerprint density at radius 1 is 1.35 bits per heavy atom. The third-order valence-corrected chi connectivity index (χ3v) is 4.59. The number of H-pyrrole nitrogens is 1. The van der Waals surface area contributed by atoms with E-state index >= 15 is 0 Å². The highest BCUT2D eigenvalue weighted by atomic mass is 32.1. The van der Waals surface area contributed by atoms with Crippen LogP contribution in [0.4, 0.5) is 5.13 Å². The summed E-state index contributed by atoms with van der Waals surface area (Å²) in [4.78, 5) is 18.0. The fourth-order valence-electron chi connectivity index (χ4n) is 2.49. The van der Waals surface area contributed by atoms with E-state index in [1.165, 1.54) is 11.3 Å². The molecule has 4 rings (SSSR count). The molecule has 2 aromatic heterocycles. The van der Waals surface area contributed by atoms with Crippen molar-refractivity contribution in [3.63, 3.8) is 0 Å². The van der Waals surface area contributed by atoms with Crippen LogP contribution in [-0.2, 0) is 12.8 Å². The predicted molar refractivity (Wildman–Crippen MR) is 78.2 cm³/mol. The van der Waals surface area contributed by atoms with Crippen molar-refractivity contribution in [2.24, 2.45) is 0 Å². The summed E-state index contributed by atoms with van der Waals surface area (Å²) in [5, 5.41) is 11.4. The van der Waals surface area contributed by atoms with Crippen LogP contribution < -0.4 is 5.32 Å². The number of hydrogen-bond acceptors (Lipinski definition) is 4. The van der Waals surface area contributed by atoms with Crippen LogP contribution in [0.3, 0.4) is 0 Å². The molecule has 0 atom stereocenters. The Bertz CT molecular complexity index is 783. The normalized spacial score (nSPS) is 13.6. The maximum Gasteiger partial charge on any atom is 0.257 e. The smallest absolute Gasteiger partial charge is 0.257 e. The molecule has 0 spiro atoms. The first-order valence-electron chi connectivity index (χ1n) is 6.53. The molecule has 1 amide bonds. The number of aromatic nitrogens is 3. The quantitative estimate of drug-likeness (QED) is 0.760. The van der Waals surface area contributed by atoms with Crippen molar-refractivity contribution in [3.8, 4) is 0 Å². The molecule has 0 saturated heterocycles. The lowest BCUT2D eigenvalue weighted by atomic mass is 10.1. The number of nitrogens with one attached hydrogen (secondary N) is 2. The molecule has 2 heterocycles. The summed E-state index contributed by atoms with van der Waals surface area (Å²) in [6, 6.07) is 5.49. The van der Waals surface area contributed by atoms with Gasteiger partial charge in [0, 0.05) is 15.8 Å². The zero-order chi connectivity index (χ0) is 13.5. The van der Waals surface area contributed by atoms with Crippen LogP contribution in [0.1, 0.15) is 27.3 Å². The fourth-order valence-corrected chi connectivity index (χ4v) is 3.54. The van der Waals surface area contributed by atoms with Crippen molar-refractivity contribution >= 4 is 33.3 Å². The van der Waals surface area contributed by atoms with Crippen LogP contribution in [0.5, 0.6) is 0 Å². The molecule has 3 aromatic rings. The van der Waals surface area contributed by atoms with E-state index in [0.717, 1.165) is 29.4 Å². The monoisotopic (exact) mass is 284 g/mol. The van der Waals surface area contributed by atoms with E-state index in [1.807, 2.05) is 6.07 Å². The number of carbonyl (C=O) groups excluding carboxylic acids is 1. The number of aryl methyl sites for hydroxylation is 2. The van der Waals surface area contributed by atoms with Gasteiger partial charge in [0.2, 0.25) is 0 Å². The first kappa shape index (κ1) is 11.6.